The van der Waals surface area contributed by atoms with Crippen LogP contribution in [0.25, 0.3) is 5.57 Å². The molecule has 3 nitrogen and oxygen atoms in total. The summed E-state index contributed by atoms with van der Waals surface area (Å²) in [5.74, 6) is -2.15. The fourth-order valence-electron chi connectivity index (χ4n) is 2.63. The van der Waals surface area contributed by atoms with Crippen LogP contribution in [0.2, 0.25) is 0 Å². The van der Waals surface area contributed by atoms with Crippen molar-refractivity contribution in [3.63, 3.8) is 0 Å². The van der Waals surface area contributed by atoms with Gasteiger partial charge in [0, 0.05) is 16.6 Å². The number of unbranched alkanes of at least 4 members (excludes halogenated alkanes) is 1. The molecular formula is C22H22F3IO3. The zero-order valence-electron chi connectivity index (χ0n) is 15.8. The number of hydrogen-bond acceptors (Lipinski definition) is 3. The van der Waals surface area contributed by atoms with Crippen LogP contribution in [0.15, 0.2) is 64.2 Å². The maximum atomic E-state index is 12.0. The predicted molar refractivity (Wildman–Crippen MR) is 115 cm³/mol. The fraction of sp³-hybridized carbons (Fsp3) is 0.318. The highest BCUT2D eigenvalue weighted by atomic mass is 127. The Bertz CT molecular complexity index is 748. The number of benzene rings is 2. The Kier molecular flexibility index (Phi) is 9.66. The Balaban J connectivity index is 1.80. The standard InChI is InChI=1S/C22H22F3IO3/c23-22(24,25)21(27)29-15-8-7-14-28-16-13-19(26)20(17-9-3-1-4-10-17)18-11-5-2-6-12-18/h1-6,9-12H,7-8,13-16H2. The highest BCUT2D eigenvalue weighted by Crippen LogP contribution is 2.31. The van der Waals surface area contributed by atoms with Crippen LogP contribution in [0.5, 0.6) is 0 Å². The Labute approximate surface area is 182 Å². The molecular weight excluding hydrogens is 496 g/mol. The van der Waals surface area contributed by atoms with Crippen molar-refractivity contribution >= 4 is 34.1 Å². The summed E-state index contributed by atoms with van der Waals surface area (Å²) in [6, 6.07) is 20.3. The molecule has 156 valence electrons. The van der Waals surface area contributed by atoms with Crippen molar-refractivity contribution in [2.24, 2.45) is 0 Å². The number of carbonyl (C=O) groups excluding carboxylic acids is 1. The summed E-state index contributed by atoms with van der Waals surface area (Å²) in [6.45, 7) is 0.647. The van der Waals surface area contributed by atoms with Gasteiger partial charge in [-0.2, -0.15) is 13.2 Å². The smallest absolute Gasteiger partial charge is 0.459 e. The second-order valence-corrected chi connectivity index (χ2v) is 7.52. The highest BCUT2D eigenvalue weighted by Gasteiger charge is 2.40. The predicted octanol–water partition coefficient (Wildman–Crippen LogP) is 6.17. The van der Waals surface area contributed by atoms with Gasteiger partial charge in [-0.3, -0.25) is 0 Å². The first-order chi connectivity index (χ1) is 13.9. The average Bonchev–Trinajstić information content (AvgIpc) is 2.71. The largest absolute Gasteiger partial charge is 0.490 e. The van der Waals surface area contributed by atoms with Crippen molar-refractivity contribution in [1.82, 2.24) is 0 Å². The lowest BCUT2D eigenvalue weighted by Gasteiger charge is -2.13. The van der Waals surface area contributed by atoms with Gasteiger partial charge in [-0.05, 0) is 52.1 Å². The van der Waals surface area contributed by atoms with Crippen molar-refractivity contribution in [3.05, 3.63) is 75.4 Å². The molecule has 2 aromatic carbocycles. The number of esters is 1. The van der Waals surface area contributed by atoms with Gasteiger partial charge in [0.25, 0.3) is 0 Å². The lowest BCUT2D eigenvalue weighted by Crippen LogP contribution is -2.25. The van der Waals surface area contributed by atoms with Gasteiger partial charge in [0.15, 0.2) is 0 Å². The zero-order valence-corrected chi connectivity index (χ0v) is 17.9. The maximum Gasteiger partial charge on any atom is 0.490 e. The van der Waals surface area contributed by atoms with Crippen molar-refractivity contribution < 1.29 is 27.4 Å². The lowest BCUT2D eigenvalue weighted by molar-refractivity contribution is -0.199. The van der Waals surface area contributed by atoms with E-state index in [2.05, 4.69) is 51.6 Å². The van der Waals surface area contributed by atoms with E-state index >= 15 is 0 Å². The van der Waals surface area contributed by atoms with E-state index in [-0.39, 0.29) is 6.61 Å². The molecule has 0 radical (unpaired) electrons. The normalized spacial score (nSPS) is 11.2. The van der Waals surface area contributed by atoms with E-state index in [1.54, 1.807) is 0 Å². The molecule has 0 saturated carbocycles. The minimum atomic E-state index is -4.94. The van der Waals surface area contributed by atoms with E-state index in [1.165, 1.54) is 3.58 Å². The highest BCUT2D eigenvalue weighted by molar-refractivity contribution is 14.1. The van der Waals surface area contributed by atoms with Crippen LogP contribution in [0.3, 0.4) is 0 Å². The molecule has 0 aliphatic carbocycles. The number of rotatable bonds is 10. The SMILES string of the molecule is O=C(OCCCCOCCC(I)=C(c1ccccc1)c1ccccc1)C(F)(F)F. The Morgan fingerprint density at radius 3 is 1.86 bits per heavy atom. The molecule has 0 amide bonds. The van der Waals surface area contributed by atoms with Crippen LogP contribution >= 0.6 is 22.6 Å². The topological polar surface area (TPSA) is 35.5 Å². The molecule has 7 heteroatoms. The summed E-state index contributed by atoms with van der Waals surface area (Å²) in [5, 5.41) is 0. The van der Waals surface area contributed by atoms with Gasteiger partial charge in [0.1, 0.15) is 0 Å². The van der Waals surface area contributed by atoms with Gasteiger partial charge in [-0.1, -0.05) is 60.7 Å². The molecule has 0 heterocycles. The van der Waals surface area contributed by atoms with Crippen LogP contribution in [0, 0.1) is 0 Å². The van der Waals surface area contributed by atoms with Crippen LogP contribution in [-0.4, -0.2) is 32.0 Å². The van der Waals surface area contributed by atoms with E-state index in [1.807, 2.05) is 36.4 Å². The molecule has 0 spiro atoms. The van der Waals surface area contributed by atoms with Crippen LogP contribution in [-0.2, 0) is 14.3 Å². The van der Waals surface area contributed by atoms with Gasteiger partial charge < -0.3 is 9.47 Å². The number of alkyl halides is 3. The fourth-order valence-corrected chi connectivity index (χ4v) is 3.47. The molecule has 0 unspecified atom stereocenters. The van der Waals surface area contributed by atoms with Crippen molar-refractivity contribution in [2.75, 3.05) is 19.8 Å². The second-order valence-electron chi connectivity index (χ2n) is 6.22. The first-order valence-electron chi connectivity index (χ1n) is 9.21. The van der Waals surface area contributed by atoms with Crippen molar-refractivity contribution in [1.29, 1.82) is 0 Å². The first kappa shape index (κ1) is 23.4. The first-order valence-corrected chi connectivity index (χ1v) is 10.3. The van der Waals surface area contributed by atoms with Crippen LogP contribution in [0.1, 0.15) is 30.4 Å². The van der Waals surface area contributed by atoms with Gasteiger partial charge in [-0.15, -0.1) is 0 Å². The second kappa shape index (κ2) is 12.0. The number of hydrogen-bond donors (Lipinski definition) is 0. The molecule has 29 heavy (non-hydrogen) atoms. The molecule has 0 fully saturated rings. The zero-order chi connectivity index (χ0) is 21.1. The summed E-state index contributed by atoms with van der Waals surface area (Å²) in [6.07, 6.45) is -3.36. The van der Waals surface area contributed by atoms with Crippen LogP contribution < -0.4 is 0 Å². The summed E-state index contributed by atoms with van der Waals surface area (Å²) in [4.78, 5) is 10.6. The summed E-state index contributed by atoms with van der Waals surface area (Å²) in [7, 11) is 0. The molecule has 2 aromatic rings. The Hall–Kier alpha value is -1.87. The summed E-state index contributed by atoms with van der Waals surface area (Å²) in [5.41, 5.74) is 3.43. The number of halogens is 4. The van der Waals surface area contributed by atoms with E-state index in [0.717, 1.165) is 23.1 Å². The van der Waals surface area contributed by atoms with Gasteiger partial charge >= 0.3 is 12.1 Å². The maximum absolute atomic E-state index is 12.0. The number of ether oxygens (including phenoxy) is 2. The van der Waals surface area contributed by atoms with E-state index < -0.39 is 12.1 Å². The molecule has 2 rings (SSSR count). The van der Waals surface area contributed by atoms with Crippen molar-refractivity contribution in [2.45, 2.75) is 25.4 Å². The third-order valence-electron chi connectivity index (χ3n) is 4.01. The minimum Gasteiger partial charge on any atom is -0.459 e. The average molecular weight is 518 g/mol. The van der Waals surface area contributed by atoms with Gasteiger partial charge in [0.2, 0.25) is 0 Å². The molecule has 0 bridgehead atoms. The molecule has 0 atom stereocenters. The third kappa shape index (κ3) is 8.18. The monoisotopic (exact) mass is 518 g/mol. The third-order valence-corrected chi connectivity index (χ3v) is 5.09. The Morgan fingerprint density at radius 2 is 1.34 bits per heavy atom. The van der Waals surface area contributed by atoms with Gasteiger partial charge in [-0.25, -0.2) is 4.79 Å². The quantitative estimate of drug-likeness (QED) is 0.214. The lowest BCUT2D eigenvalue weighted by atomic mass is 9.97. The summed E-state index contributed by atoms with van der Waals surface area (Å²) < 4.78 is 46.9. The van der Waals surface area contributed by atoms with Crippen molar-refractivity contribution in [3.8, 4) is 0 Å². The van der Waals surface area contributed by atoms with E-state index in [9.17, 15) is 18.0 Å². The summed E-state index contributed by atoms with van der Waals surface area (Å²) >= 11 is 2.34. The Morgan fingerprint density at radius 1 is 0.828 bits per heavy atom. The molecule has 0 aliphatic rings. The number of carbonyl (C=O) groups is 1. The van der Waals surface area contributed by atoms with Crippen LogP contribution in [0.4, 0.5) is 13.2 Å². The molecule has 0 aromatic heterocycles. The van der Waals surface area contributed by atoms with E-state index in [4.69, 9.17) is 4.74 Å². The molecule has 0 saturated heterocycles. The van der Waals surface area contributed by atoms with Gasteiger partial charge in [0.05, 0.1) is 13.2 Å². The minimum absolute atomic E-state index is 0.259. The molecule has 0 N–H and O–H groups in total. The van der Waals surface area contributed by atoms with E-state index in [0.29, 0.717) is 26.1 Å². The molecule has 0 aliphatic heterocycles.